The molecule has 1 aliphatic rings. The molecule has 0 saturated heterocycles. The molecule has 0 spiro atoms. The number of pyridine rings is 1. The number of aryl methyl sites for hydroxylation is 1. The number of anilines is 1. The number of rotatable bonds is 8. The molecule has 5 rings (SSSR count). The van der Waals surface area contributed by atoms with Crippen LogP contribution in [-0.2, 0) is 9.53 Å². The van der Waals surface area contributed by atoms with Crippen molar-refractivity contribution in [3.8, 4) is 17.4 Å². The van der Waals surface area contributed by atoms with Gasteiger partial charge < -0.3 is 14.8 Å². The Morgan fingerprint density at radius 1 is 1.24 bits per heavy atom. The number of H-pyrrole nitrogens is 1. The van der Waals surface area contributed by atoms with Crippen molar-refractivity contribution in [2.75, 3.05) is 11.9 Å². The van der Waals surface area contributed by atoms with Crippen LogP contribution in [0.2, 0.25) is 5.02 Å². The maximum absolute atomic E-state index is 13.1. The number of fused-ring (bicyclic) bond motifs is 1. The number of nitrogens with zero attached hydrogens (tertiary/aromatic N) is 6. The maximum atomic E-state index is 13.1. The van der Waals surface area contributed by atoms with Gasteiger partial charge >= 0.3 is 0 Å². The molecule has 0 bridgehead atoms. The Morgan fingerprint density at radius 3 is 2.85 bits per heavy atom. The van der Waals surface area contributed by atoms with Gasteiger partial charge in [-0.2, -0.15) is 10.1 Å². The largest absolute Gasteiger partial charge is 0.461 e. The van der Waals surface area contributed by atoms with Crippen molar-refractivity contribution in [2.24, 2.45) is 0 Å². The summed E-state index contributed by atoms with van der Waals surface area (Å²) in [6.07, 6.45) is 8.30. The van der Waals surface area contributed by atoms with E-state index < -0.39 is 12.0 Å². The predicted molar refractivity (Wildman–Crippen MR) is 123 cm³/mol. The second kappa shape index (κ2) is 9.65. The highest BCUT2D eigenvalue weighted by atomic mass is 35.5. The Bertz CT molecular complexity index is 1310. The van der Waals surface area contributed by atoms with E-state index in [1.807, 2.05) is 6.92 Å². The van der Waals surface area contributed by atoms with Gasteiger partial charge in [0, 0.05) is 6.20 Å². The first kappa shape index (κ1) is 22.1. The summed E-state index contributed by atoms with van der Waals surface area (Å²) in [5, 5.41) is 10.5. The monoisotopic (exact) mass is 480 g/mol. The van der Waals surface area contributed by atoms with Crippen LogP contribution in [0.4, 0.5) is 5.82 Å². The van der Waals surface area contributed by atoms with E-state index in [1.165, 1.54) is 12.4 Å². The lowest BCUT2D eigenvalue weighted by atomic mass is 9.96. The zero-order valence-corrected chi connectivity index (χ0v) is 19.0. The molecular weight excluding hydrogens is 460 g/mol. The van der Waals surface area contributed by atoms with E-state index >= 15 is 0 Å². The Morgan fingerprint density at radius 2 is 2.12 bits per heavy atom. The summed E-state index contributed by atoms with van der Waals surface area (Å²) in [5.74, 6) is 0.263. The second-order valence-electron chi connectivity index (χ2n) is 7.84. The molecule has 0 unspecified atom stereocenters. The summed E-state index contributed by atoms with van der Waals surface area (Å²) in [6.45, 7) is 1.85. The van der Waals surface area contributed by atoms with Crippen molar-refractivity contribution in [3.05, 3.63) is 47.6 Å². The molecular formula is C22H21ClN8O3. The van der Waals surface area contributed by atoms with E-state index in [-0.39, 0.29) is 24.4 Å². The van der Waals surface area contributed by atoms with E-state index in [0.717, 1.165) is 25.0 Å². The first-order valence-corrected chi connectivity index (χ1v) is 11.1. The lowest BCUT2D eigenvalue weighted by Crippen LogP contribution is -2.39. The van der Waals surface area contributed by atoms with Crippen LogP contribution in [0.15, 0.2) is 36.9 Å². The molecule has 0 radical (unpaired) electrons. The van der Waals surface area contributed by atoms with Gasteiger partial charge in [-0.15, -0.1) is 0 Å². The molecule has 1 saturated carbocycles. The normalized spacial score (nSPS) is 14.5. The number of carbonyl (C=O) groups excluding carboxylic acids is 1. The van der Waals surface area contributed by atoms with Gasteiger partial charge in [-0.3, -0.25) is 19.9 Å². The summed E-state index contributed by atoms with van der Waals surface area (Å²) in [6, 6.07) is 3.40. The number of hydrogen-bond donors (Lipinski definition) is 2. The van der Waals surface area contributed by atoms with Crippen LogP contribution in [0.25, 0.3) is 22.6 Å². The SMILES string of the molecule is Cc1cnc(NC(=O)[C@H](COC2CCC2)Oc2nc(-c3ncccc3Cl)nc3[nH]ncc23)cn1. The fourth-order valence-corrected chi connectivity index (χ4v) is 3.48. The summed E-state index contributed by atoms with van der Waals surface area (Å²) in [7, 11) is 0. The minimum atomic E-state index is -1.01. The van der Waals surface area contributed by atoms with Gasteiger partial charge in [0.25, 0.3) is 5.91 Å². The fraction of sp³-hybridized carbons (Fsp3) is 0.318. The summed E-state index contributed by atoms with van der Waals surface area (Å²) in [5.41, 5.74) is 1.54. The third-order valence-corrected chi connectivity index (χ3v) is 5.66. The first-order valence-electron chi connectivity index (χ1n) is 10.8. The molecule has 1 amide bonds. The van der Waals surface area contributed by atoms with Crippen molar-refractivity contribution in [2.45, 2.75) is 38.4 Å². The Balaban J connectivity index is 1.45. The van der Waals surface area contributed by atoms with E-state index in [4.69, 9.17) is 21.1 Å². The third-order valence-electron chi connectivity index (χ3n) is 5.36. The van der Waals surface area contributed by atoms with Crippen LogP contribution in [0.3, 0.4) is 0 Å². The van der Waals surface area contributed by atoms with Crippen LogP contribution >= 0.6 is 11.6 Å². The average molecular weight is 481 g/mol. The molecule has 34 heavy (non-hydrogen) atoms. The molecule has 4 aromatic heterocycles. The lowest BCUT2D eigenvalue weighted by molar-refractivity contribution is -0.128. The van der Waals surface area contributed by atoms with Crippen LogP contribution < -0.4 is 10.1 Å². The minimum Gasteiger partial charge on any atom is -0.461 e. The van der Waals surface area contributed by atoms with Gasteiger partial charge in [0.05, 0.1) is 42.0 Å². The first-order chi connectivity index (χ1) is 16.6. The summed E-state index contributed by atoms with van der Waals surface area (Å²) in [4.78, 5) is 34.7. The van der Waals surface area contributed by atoms with Crippen LogP contribution in [0, 0.1) is 6.92 Å². The lowest BCUT2D eigenvalue weighted by Gasteiger charge is -2.27. The molecule has 2 N–H and O–H groups in total. The smallest absolute Gasteiger partial charge is 0.269 e. The molecule has 1 atom stereocenters. The highest BCUT2D eigenvalue weighted by Crippen LogP contribution is 2.29. The van der Waals surface area contributed by atoms with Crippen LogP contribution in [-0.4, -0.2) is 59.8 Å². The minimum absolute atomic E-state index is 0.0405. The molecule has 0 aromatic carbocycles. The number of aromatic nitrogens is 7. The number of nitrogens with one attached hydrogen (secondary N) is 2. The molecule has 0 aliphatic heterocycles. The molecule has 1 fully saturated rings. The number of amides is 1. The zero-order chi connectivity index (χ0) is 23.5. The summed E-state index contributed by atoms with van der Waals surface area (Å²) < 4.78 is 12.0. The van der Waals surface area contributed by atoms with E-state index in [9.17, 15) is 4.79 Å². The molecule has 4 aromatic rings. The molecule has 11 nitrogen and oxygen atoms in total. The number of hydrogen-bond acceptors (Lipinski definition) is 9. The van der Waals surface area contributed by atoms with Gasteiger partial charge in [0.1, 0.15) is 11.1 Å². The van der Waals surface area contributed by atoms with Gasteiger partial charge in [-0.05, 0) is 38.3 Å². The second-order valence-corrected chi connectivity index (χ2v) is 8.25. The predicted octanol–water partition coefficient (Wildman–Crippen LogP) is 3.12. The van der Waals surface area contributed by atoms with Crippen molar-refractivity contribution >= 4 is 34.4 Å². The number of aromatic amines is 1. The fourth-order valence-electron chi connectivity index (χ4n) is 3.28. The van der Waals surface area contributed by atoms with Gasteiger partial charge in [-0.1, -0.05) is 11.6 Å². The highest BCUT2D eigenvalue weighted by Gasteiger charge is 2.28. The maximum Gasteiger partial charge on any atom is 0.269 e. The van der Waals surface area contributed by atoms with Crippen molar-refractivity contribution in [1.29, 1.82) is 0 Å². The van der Waals surface area contributed by atoms with Crippen molar-refractivity contribution in [3.63, 3.8) is 0 Å². The zero-order valence-electron chi connectivity index (χ0n) is 18.2. The van der Waals surface area contributed by atoms with Gasteiger partial charge in [0.15, 0.2) is 17.3 Å². The quantitative estimate of drug-likeness (QED) is 0.389. The van der Waals surface area contributed by atoms with E-state index in [1.54, 1.807) is 24.5 Å². The third kappa shape index (κ3) is 4.80. The van der Waals surface area contributed by atoms with Gasteiger partial charge in [0.2, 0.25) is 12.0 Å². The average Bonchev–Trinajstić information content (AvgIpc) is 3.28. The van der Waals surface area contributed by atoms with Crippen molar-refractivity contribution in [1.82, 2.24) is 35.1 Å². The van der Waals surface area contributed by atoms with Crippen LogP contribution in [0.1, 0.15) is 25.0 Å². The number of halogens is 1. The standard InChI is InChI=1S/C22H21ClN8O3/c1-12-8-26-17(10-25-12)28-21(32)16(11-33-13-4-2-5-13)34-22-14-9-27-31-19(14)29-20(30-22)18-15(23)6-3-7-24-18/h3,6-10,13,16H,2,4-5,11H2,1H3,(H,26,28,32)(H,27,29,30,31)/t16-/m0/s1. The topological polar surface area (TPSA) is 141 Å². The van der Waals surface area contributed by atoms with E-state index in [0.29, 0.717) is 27.6 Å². The van der Waals surface area contributed by atoms with E-state index in [2.05, 4.69) is 40.4 Å². The Labute approximate surface area is 199 Å². The molecule has 1 aliphatic carbocycles. The number of carbonyl (C=O) groups is 1. The van der Waals surface area contributed by atoms with Crippen molar-refractivity contribution < 1.29 is 14.3 Å². The molecule has 4 heterocycles. The molecule has 174 valence electrons. The Kier molecular flexibility index (Phi) is 6.28. The van der Waals surface area contributed by atoms with Gasteiger partial charge in [-0.25, -0.2) is 9.97 Å². The highest BCUT2D eigenvalue weighted by molar-refractivity contribution is 6.32. The molecule has 12 heteroatoms. The Hall–Kier alpha value is -3.70. The summed E-state index contributed by atoms with van der Waals surface area (Å²) >= 11 is 6.29. The van der Waals surface area contributed by atoms with Crippen LogP contribution in [0.5, 0.6) is 5.88 Å². The number of ether oxygens (including phenoxy) is 2.